The van der Waals surface area contributed by atoms with Crippen molar-refractivity contribution in [3.63, 3.8) is 0 Å². The minimum atomic E-state index is -4.61. The minimum absolute atomic E-state index is 0.0930. The second-order valence-electron chi connectivity index (χ2n) is 10.6. The fourth-order valence-electron chi connectivity index (χ4n) is 5.76. The lowest BCUT2D eigenvalue weighted by Gasteiger charge is -2.31. The van der Waals surface area contributed by atoms with Crippen molar-refractivity contribution in [2.45, 2.75) is 28.9 Å². The predicted octanol–water partition coefficient (Wildman–Crippen LogP) is 5.39. The van der Waals surface area contributed by atoms with Gasteiger partial charge in [0.1, 0.15) is 17.5 Å². The van der Waals surface area contributed by atoms with E-state index in [1.807, 2.05) is 0 Å². The number of rotatable bonds is 8. The summed E-state index contributed by atoms with van der Waals surface area (Å²) in [5, 5.41) is 1.79. The number of carbonyl (C=O) groups is 3. The average Bonchev–Trinajstić information content (AvgIpc) is 3.50. The number of carbonyl (C=O) groups excluding carboxylic acids is 3. The molecule has 3 heterocycles. The molecular weight excluding hydrogens is 659 g/mol. The van der Waals surface area contributed by atoms with E-state index in [0.29, 0.717) is 38.4 Å². The molecule has 0 bridgehead atoms. The van der Waals surface area contributed by atoms with E-state index >= 15 is 0 Å². The van der Waals surface area contributed by atoms with E-state index in [-0.39, 0.29) is 5.69 Å². The number of thioether (sulfide) groups is 1. The molecule has 1 fully saturated rings. The molecule has 3 unspecified atom stereocenters. The lowest BCUT2D eigenvalue weighted by atomic mass is 9.83. The van der Waals surface area contributed by atoms with Crippen LogP contribution in [-0.2, 0) is 27.1 Å². The number of hydrogen-bond acceptors (Lipinski definition) is 9. The lowest BCUT2D eigenvalue weighted by Crippen LogP contribution is -2.33. The molecule has 0 aliphatic carbocycles. The van der Waals surface area contributed by atoms with Crippen LogP contribution in [0.25, 0.3) is 0 Å². The second-order valence-corrected chi connectivity index (χ2v) is 12.7. The molecule has 0 saturated carbocycles. The van der Waals surface area contributed by atoms with Gasteiger partial charge in [-0.2, -0.15) is 13.2 Å². The number of anilines is 2. The largest absolute Gasteiger partial charge is 0.497 e. The molecular formula is C32H26F3N3O7S2. The first-order valence-electron chi connectivity index (χ1n) is 14.1. The Bertz CT molecular complexity index is 1940. The molecule has 10 nitrogen and oxygen atoms in total. The molecule has 47 heavy (non-hydrogen) atoms. The number of nitrogens with one attached hydrogen (secondary N) is 1. The van der Waals surface area contributed by atoms with E-state index in [1.165, 1.54) is 32.0 Å². The maximum Gasteiger partial charge on any atom is 0.416 e. The van der Waals surface area contributed by atoms with E-state index in [2.05, 4.69) is 5.32 Å². The van der Waals surface area contributed by atoms with E-state index in [0.717, 1.165) is 46.2 Å². The Hall–Kier alpha value is -4.76. The van der Waals surface area contributed by atoms with Crippen LogP contribution in [0.2, 0.25) is 0 Å². The number of thiazole rings is 1. The summed E-state index contributed by atoms with van der Waals surface area (Å²) in [4.78, 5) is 55.7. The maximum atomic E-state index is 14.1. The van der Waals surface area contributed by atoms with Crippen LogP contribution in [-0.4, -0.2) is 48.9 Å². The van der Waals surface area contributed by atoms with Gasteiger partial charge in [0.15, 0.2) is 11.5 Å². The molecule has 1 N–H and O–H groups in total. The van der Waals surface area contributed by atoms with Gasteiger partial charge in [-0.1, -0.05) is 35.2 Å². The Labute approximate surface area is 274 Å². The smallest absolute Gasteiger partial charge is 0.416 e. The Morgan fingerprint density at radius 2 is 1.62 bits per heavy atom. The van der Waals surface area contributed by atoms with Crippen LogP contribution in [0.4, 0.5) is 24.5 Å². The van der Waals surface area contributed by atoms with Crippen LogP contribution >= 0.6 is 23.1 Å². The first kappa shape index (κ1) is 32.2. The van der Waals surface area contributed by atoms with Gasteiger partial charge < -0.3 is 19.5 Å². The minimum Gasteiger partial charge on any atom is -0.497 e. The number of hydrogen-bond donors (Lipinski definition) is 1. The predicted molar refractivity (Wildman–Crippen MR) is 169 cm³/mol. The molecule has 244 valence electrons. The third-order valence-corrected chi connectivity index (χ3v) is 10.5. The molecule has 3 aromatic carbocycles. The van der Waals surface area contributed by atoms with Crippen LogP contribution in [0.15, 0.2) is 76.6 Å². The van der Waals surface area contributed by atoms with Crippen molar-refractivity contribution in [2.75, 3.05) is 31.5 Å². The number of fused-ring (bicyclic) bond motifs is 2. The topological polar surface area (TPSA) is 116 Å². The van der Waals surface area contributed by atoms with Crippen molar-refractivity contribution < 1.29 is 41.8 Å². The summed E-state index contributed by atoms with van der Waals surface area (Å²) in [6, 6.07) is 15.7. The summed E-state index contributed by atoms with van der Waals surface area (Å²) >= 11 is 1.85. The van der Waals surface area contributed by atoms with Gasteiger partial charge in [-0.3, -0.25) is 23.7 Å². The van der Waals surface area contributed by atoms with Gasteiger partial charge in [-0.15, -0.1) is 0 Å². The number of nitrogens with zero attached hydrogens (tertiary/aromatic N) is 2. The number of methoxy groups -OCH3 is 3. The van der Waals surface area contributed by atoms with Crippen LogP contribution in [0.1, 0.15) is 21.9 Å². The summed E-state index contributed by atoms with van der Waals surface area (Å²) in [6.07, 6.45) is -4.61. The zero-order valence-electron chi connectivity index (χ0n) is 25.0. The Morgan fingerprint density at radius 3 is 2.28 bits per heavy atom. The zero-order valence-corrected chi connectivity index (χ0v) is 26.6. The van der Waals surface area contributed by atoms with Gasteiger partial charge in [0.2, 0.25) is 17.7 Å². The van der Waals surface area contributed by atoms with E-state index in [1.54, 1.807) is 42.5 Å². The van der Waals surface area contributed by atoms with Crippen LogP contribution in [0.3, 0.4) is 0 Å². The monoisotopic (exact) mass is 685 g/mol. The average molecular weight is 686 g/mol. The highest BCUT2D eigenvalue weighted by Crippen LogP contribution is 2.54. The number of amides is 3. The highest BCUT2D eigenvalue weighted by Gasteiger charge is 2.57. The number of halogens is 3. The SMILES string of the molecule is COc1ccc(N2C(=O)C3Sc4c(sc(=O)n4CC(=O)Nc4cccc(C(F)(F)F)c4)C(c4ccc(OC)c(OC)c4)C3C2=O)cc1. The van der Waals surface area contributed by atoms with Crippen molar-refractivity contribution in [1.82, 2.24) is 4.57 Å². The van der Waals surface area contributed by atoms with Crippen molar-refractivity contribution >= 4 is 52.2 Å². The van der Waals surface area contributed by atoms with E-state index in [4.69, 9.17) is 14.2 Å². The number of benzene rings is 3. The Balaban J connectivity index is 1.40. The number of aromatic nitrogens is 1. The molecule has 4 aromatic rings. The molecule has 2 aliphatic heterocycles. The van der Waals surface area contributed by atoms with Crippen molar-refractivity contribution in [2.24, 2.45) is 5.92 Å². The summed E-state index contributed by atoms with van der Waals surface area (Å²) < 4.78 is 56.9. The van der Waals surface area contributed by atoms with Gasteiger partial charge in [-0.25, -0.2) is 4.90 Å². The molecule has 1 aromatic heterocycles. The molecule has 0 radical (unpaired) electrons. The van der Waals surface area contributed by atoms with Crippen LogP contribution in [0, 0.1) is 5.92 Å². The third-order valence-electron chi connectivity index (χ3n) is 7.92. The molecule has 1 saturated heterocycles. The first-order chi connectivity index (χ1) is 22.4. The highest BCUT2D eigenvalue weighted by atomic mass is 32.2. The summed E-state index contributed by atoms with van der Waals surface area (Å²) in [5.41, 5.74) is -0.100. The van der Waals surface area contributed by atoms with Gasteiger partial charge in [0.05, 0.1) is 43.5 Å². The maximum absolute atomic E-state index is 14.1. The molecule has 3 atom stereocenters. The van der Waals surface area contributed by atoms with Gasteiger partial charge in [-0.05, 0) is 60.2 Å². The second kappa shape index (κ2) is 12.4. The summed E-state index contributed by atoms with van der Waals surface area (Å²) in [5.74, 6) is -2.04. The Kier molecular flexibility index (Phi) is 8.53. The van der Waals surface area contributed by atoms with Crippen molar-refractivity contribution in [3.05, 3.63) is 92.4 Å². The van der Waals surface area contributed by atoms with Crippen LogP contribution < -0.4 is 29.3 Å². The Morgan fingerprint density at radius 1 is 0.894 bits per heavy atom. The molecule has 0 spiro atoms. The third kappa shape index (κ3) is 5.84. The lowest BCUT2D eigenvalue weighted by molar-refractivity contribution is -0.137. The van der Waals surface area contributed by atoms with E-state index in [9.17, 15) is 32.3 Å². The van der Waals surface area contributed by atoms with E-state index < -0.39 is 58.0 Å². The van der Waals surface area contributed by atoms with Crippen LogP contribution in [0.5, 0.6) is 17.2 Å². The number of alkyl halides is 3. The fourth-order valence-corrected chi connectivity index (χ4v) is 8.54. The molecule has 15 heteroatoms. The number of ether oxygens (including phenoxy) is 3. The fraction of sp³-hybridized carbons (Fsp3) is 0.250. The summed E-state index contributed by atoms with van der Waals surface area (Å²) in [7, 11) is 4.43. The van der Waals surface area contributed by atoms with Gasteiger partial charge >= 0.3 is 11.0 Å². The first-order valence-corrected chi connectivity index (χ1v) is 15.8. The molecule has 3 amide bonds. The molecule has 2 aliphatic rings. The standard InChI is InChI=1S/C32H26F3N3O7S2/c1-43-20-10-8-19(9-11-20)38-28(40)25-24(16-7-12-21(44-2)22(13-16)45-3)27-30(46-26(25)29(38)41)37(31(42)47-27)15-23(39)36-18-6-4-5-17(14-18)32(33,34)35/h4-14,24-26H,15H2,1-3H3,(H,36,39). The van der Waals surface area contributed by atoms with Crippen molar-refractivity contribution in [3.8, 4) is 17.2 Å². The van der Waals surface area contributed by atoms with Crippen molar-refractivity contribution in [1.29, 1.82) is 0 Å². The van der Waals surface area contributed by atoms with Gasteiger partial charge in [0.25, 0.3) is 0 Å². The number of imide groups is 1. The zero-order chi connectivity index (χ0) is 33.6. The quantitative estimate of drug-likeness (QED) is 0.246. The highest BCUT2D eigenvalue weighted by molar-refractivity contribution is 8.00. The molecule has 6 rings (SSSR count). The summed E-state index contributed by atoms with van der Waals surface area (Å²) in [6.45, 7) is -0.533. The van der Waals surface area contributed by atoms with Gasteiger partial charge in [0, 0.05) is 16.5 Å². The normalized spacial score (nSPS) is 18.9.